The van der Waals surface area contributed by atoms with E-state index in [1.807, 2.05) is 5.32 Å². The molecule has 0 unspecified atom stereocenters. The first-order valence-corrected chi connectivity index (χ1v) is 6.61. The topological polar surface area (TPSA) is 78.4 Å². The van der Waals surface area contributed by atoms with Gasteiger partial charge in [-0.25, -0.2) is 4.79 Å². The average Bonchev–Trinajstić information content (AvgIpc) is 3.07. The number of hydrogen-bond donors (Lipinski definition) is 3. The molecule has 0 aromatic heterocycles. The number of rotatable bonds is 8. The molecule has 20 heavy (non-hydrogen) atoms. The lowest BCUT2D eigenvalue weighted by Crippen LogP contribution is -2.51. The van der Waals surface area contributed by atoms with Crippen molar-refractivity contribution >= 4 is 12.0 Å². The number of aliphatic carboxylic acids is 1. The molecule has 0 aromatic carbocycles. The third kappa shape index (κ3) is 5.26. The maximum atomic E-state index is 12.6. The molecule has 0 heterocycles. The SMILES string of the molecule is O=C(O)CCCCCCNC(=O)NC1(C(F)(F)F)CC1. The van der Waals surface area contributed by atoms with Crippen molar-refractivity contribution in [3.05, 3.63) is 0 Å². The fourth-order valence-electron chi connectivity index (χ4n) is 1.82. The molecular weight excluding hydrogens is 277 g/mol. The first kappa shape index (κ1) is 16.6. The van der Waals surface area contributed by atoms with Gasteiger partial charge in [0.15, 0.2) is 0 Å². The van der Waals surface area contributed by atoms with Crippen LogP contribution in [0.2, 0.25) is 0 Å². The molecule has 116 valence electrons. The number of carbonyl (C=O) groups excluding carboxylic acids is 1. The number of amides is 2. The minimum atomic E-state index is -4.40. The number of carboxylic acids is 1. The van der Waals surface area contributed by atoms with Gasteiger partial charge in [-0.15, -0.1) is 0 Å². The Bertz CT molecular complexity index is 354. The van der Waals surface area contributed by atoms with Gasteiger partial charge in [-0.3, -0.25) is 4.79 Å². The lowest BCUT2D eigenvalue weighted by Gasteiger charge is -2.20. The van der Waals surface area contributed by atoms with Crippen LogP contribution in [-0.2, 0) is 4.79 Å². The molecule has 0 radical (unpaired) electrons. The number of urea groups is 1. The summed E-state index contributed by atoms with van der Waals surface area (Å²) >= 11 is 0. The zero-order valence-corrected chi connectivity index (χ0v) is 11.1. The molecule has 1 aliphatic rings. The Morgan fingerprint density at radius 3 is 2.20 bits per heavy atom. The minimum Gasteiger partial charge on any atom is -0.481 e. The second kappa shape index (κ2) is 6.81. The third-order valence-electron chi connectivity index (χ3n) is 3.25. The molecule has 1 saturated carbocycles. The molecule has 1 fully saturated rings. The van der Waals surface area contributed by atoms with Crippen LogP contribution in [0.1, 0.15) is 44.9 Å². The molecule has 1 rings (SSSR count). The van der Waals surface area contributed by atoms with Crippen molar-refractivity contribution in [3.8, 4) is 0 Å². The van der Waals surface area contributed by atoms with Crippen molar-refractivity contribution < 1.29 is 27.9 Å². The van der Waals surface area contributed by atoms with Crippen molar-refractivity contribution in [2.24, 2.45) is 0 Å². The number of nitrogens with one attached hydrogen (secondary N) is 2. The highest BCUT2D eigenvalue weighted by Crippen LogP contribution is 2.48. The molecule has 1 aliphatic carbocycles. The van der Waals surface area contributed by atoms with Gasteiger partial charge in [0.2, 0.25) is 0 Å². The summed E-state index contributed by atoms with van der Waals surface area (Å²) in [6.07, 6.45) is -1.79. The van der Waals surface area contributed by atoms with Gasteiger partial charge in [-0.1, -0.05) is 12.8 Å². The number of unbranched alkanes of at least 4 members (excludes halogenated alkanes) is 3. The molecule has 0 aromatic rings. The van der Waals surface area contributed by atoms with E-state index in [0.29, 0.717) is 12.8 Å². The van der Waals surface area contributed by atoms with Crippen molar-refractivity contribution in [2.75, 3.05) is 6.54 Å². The summed E-state index contributed by atoms with van der Waals surface area (Å²) < 4.78 is 37.7. The van der Waals surface area contributed by atoms with Crippen molar-refractivity contribution in [3.63, 3.8) is 0 Å². The Morgan fingerprint density at radius 1 is 1.10 bits per heavy atom. The van der Waals surface area contributed by atoms with Gasteiger partial charge < -0.3 is 15.7 Å². The van der Waals surface area contributed by atoms with Crippen LogP contribution in [0.15, 0.2) is 0 Å². The van der Waals surface area contributed by atoms with Crippen LogP contribution in [0.3, 0.4) is 0 Å². The summed E-state index contributed by atoms with van der Waals surface area (Å²) in [5.74, 6) is -0.843. The number of halogens is 3. The Kier molecular flexibility index (Phi) is 5.64. The monoisotopic (exact) mass is 296 g/mol. The number of alkyl halides is 3. The Hall–Kier alpha value is -1.47. The predicted octanol–water partition coefficient (Wildman–Crippen LogP) is 2.42. The summed E-state index contributed by atoms with van der Waals surface area (Å²) in [7, 11) is 0. The van der Waals surface area contributed by atoms with Crippen LogP contribution in [0.25, 0.3) is 0 Å². The fraction of sp³-hybridized carbons (Fsp3) is 0.833. The predicted molar refractivity (Wildman–Crippen MR) is 65.3 cm³/mol. The zero-order chi connectivity index (χ0) is 15.2. The summed E-state index contributed by atoms with van der Waals surface area (Å²) in [5, 5.41) is 12.8. The van der Waals surface area contributed by atoms with Crippen LogP contribution >= 0.6 is 0 Å². The van der Waals surface area contributed by atoms with Crippen LogP contribution in [0, 0.1) is 0 Å². The maximum Gasteiger partial charge on any atom is 0.411 e. The van der Waals surface area contributed by atoms with Gasteiger partial charge in [0.1, 0.15) is 5.54 Å². The first-order valence-electron chi connectivity index (χ1n) is 6.61. The highest BCUT2D eigenvalue weighted by Gasteiger charge is 2.64. The van der Waals surface area contributed by atoms with E-state index in [2.05, 4.69) is 5.32 Å². The highest BCUT2D eigenvalue weighted by molar-refractivity contribution is 5.75. The van der Waals surface area contributed by atoms with E-state index in [1.165, 1.54) is 0 Å². The minimum absolute atomic E-state index is 0.0703. The van der Waals surface area contributed by atoms with E-state index in [1.54, 1.807) is 0 Å². The lowest BCUT2D eigenvalue weighted by molar-refractivity contribution is -0.162. The summed E-state index contributed by atoms with van der Waals surface area (Å²) in [6.45, 7) is 0.285. The number of carbonyl (C=O) groups is 2. The molecule has 8 heteroatoms. The molecule has 0 saturated heterocycles. The van der Waals surface area contributed by atoms with Gasteiger partial charge in [0, 0.05) is 13.0 Å². The molecule has 0 bridgehead atoms. The normalized spacial score (nSPS) is 16.6. The Morgan fingerprint density at radius 2 is 1.70 bits per heavy atom. The maximum absolute atomic E-state index is 12.6. The lowest BCUT2D eigenvalue weighted by atomic mass is 10.1. The van der Waals surface area contributed by atoms with Gasteiger partial charge >= 0.3 is 18.2 Å². The number of carboxylic acid groups (broad SMARTS) is 1. The fourth-order valence-corrected chi connectivity index (χ4v) is 1.82. The standard InChI is InChI=1S/C12H19F3N2O3/c13-12(14,15)11(6-7-11)17-10(20)16-8-4-2-1-3-5-9(18)19/h1-8H2,(H,18,19)(H2,16,17,20). The second-order valence-corrected chi connectivity index (χ2v) is 5.02. The largest absolute Gasteiger partial charge is 0.481 e. The Balaban J connectivity index is 2.05. The van der Waals surface area contributed by atoms with Crippen molar-refractivity contribution in [1.82, 2.24) is 10.6 Å². The van der Waals surface area contributed by atoms with Crippen LogP contribution in [0.5, 0.6) is 0 Å². The van der Waals surface area contributed by atoms with E-state index in [9.17, 15) is 22.8 Å². The summed E-state index contributed by atoms with van der Waals surface area (Å²) in [6, 6.07) is -0.801. The van der Waals surface area contributed by atoms with E-state index < -0.39 is 23.7 Å². The molecule has 0 spiro atoms. The molecule has 3 N–H and O–H groups in total. The molecular formula is C12H19F3N2O3. The van der Waals surface area contributed by atoms with Gasteiger partial charge in [-0.2, -0.15) is 13.2 Å². The van der Waals surface area contributed by atoms with Gasteiger partial charge in [0.05, 0.1) is 0 Å². The van der Waals surface area contributed by atoms with Crippen LogP contribution in [0.4, 0.5) is 18.0 Å². The van der Waals surface area contributed by atoms with E-state index in [-0.39, 0.29) is 25.8 Å². The van der Waals surface area contributed by atoms with E-state index in [0.717, 1.165) is 12.8 Å². The molecule has 2 amide bonds. The average molecular weight is 296 g/mol. The molecule has 0 aliphatic heterocycles. The van der Waals surface area contributed by atoms with Crippen LogP contribution < -0.4 is 10.6 Å². The van der Waals surface area contributed by atoms with E-state index in [4.69, 9.17) is 5.11 Å². The van der Waals surface area contributed by atoms with Crippen LogP contribution in [-0.4, -0.2) is 35.4 Å². The zero-order valence-electron chi connectivity index (χ0n) is 11.1. The molecule has 0 atom stereocenters. The van der Waals surface area contributed by atoms with E-state index >= 15 is 0 Å². The number of hydrogen-bond acceptors (Lipinski definition) is 2. The second-order valence-electron chi connectivity index (χ2n) is 5.02. The summed E-state index contributed by atoms with van der Waals surface area (Å²) in [4.78, 5) is 21.6. The first-order chi connectivity index (χ1) is 9.27. The highest BCUT2D eigenvalue weighted by atomic mass is 19.4. The quantitative estimate of drug-likeness (QED) is 0.602. The van der Waals surface area contributed by atoms with Crippen molar-refractivity contribution in [1.29, 1.82) is 0 Å². The van der Waals surface area contributed by atoms with Crippen molar-refractivity contribution in [2.45, 2.75) is 56.7 Å². The molecule has 5 nitrogen and oxygen atoms in total. The van der Waals surface area contributed by atoms with Gasteiger partial charge in [-0.05, 0) is 25.7 Å². The van der Waals surface area contributed by atoms with Gasteiger partial charge in [0.25, 0.3) is 0 Å². The smallest absolute Gasteiger partial charge is 0.411 e. The third-order valence-corrected chi connectivity index (χ3v) is 3.25. The summed E-state index contributed by atoms with van der Waals surface area (Å²) in [5.41, 5.74) is -2.03. The Labute approximate surface area is 114 Å².